The second-order valence-electron chi connectivity index (χ2n) is 11.2. The summed E-state index contributed by atoms with van der Waals surface area (Å²) in [5.74, 6) is 0. The molecular formula is C33H30N2. The number of fused-ring (bicyclic) bond motifs is 4. The normalized spacial score (nSPS) is 18.8. The van der Waals surface area contributed by atoms with Gasteiger partial charge in [0.05, 0.1) is 17.1 Å². The van der Waals surface area contributed by atoms with E-state index in [2.05, 4.69) is 111 Å². The van der Waals surface area contributed by atoms with Gasteiger partial charge in [-0.2, -0.15) is 0 Å². The highest BCUT2D eigenvalue weighted by atomic mass is 15.2. The molecule has 0 atom stereocenters. The van der Waals surface area contributed by atoms with Crippen LogP contribution in [0.4, 0.5) is 11.4 Å². The van der Waals surface area contributed by atoms with Crippen molar-refractivity contribution in [2.24, 2.45) is 0 Å². The molecule has 172 valence electrons. The number of hydrogen-bond donors (Lipinski definition) is 0. The quantitative estimate of drug-likeness (QED) is 0.286. The summed E-state index contributed by atoms with van der Waals surface area (Å²) in [5, 5.41) is 2.43. The summed E-state index contributed by atoms with van der Waals surface area (Å²) in [6, 6.07) is 24.6. The Bertz CT molecular complexity index is 1590. The average Bonchev–Trinajstić information content (AvgIpc) is 2.88. The Labute approximate surface area is 207 Å². The molecule has 2 nitrogen and oxygen atoms in total. The lowest BCUT2D eigenvalue weighted by Gasteiger charge is -2.50. The lowest BCUT2D eigenvalue weighted by molar-refractivity contribution is 0.555. The van der Waals surface area contributed by atoms with Crippen LogP contribution in [0.15, 0.2) is 96.3 Å². The number of hydrogen-bond acceptors (Lipinski definition) is 2. The van der Waals surface area contributed by atoms with Crippen molar-refractivity contribution >= 4 is 22.1 Å². The Morgan fingerprint density at radius 3 is 2.46 bits per heavy atom. The Morgan fingerprint density at radius 2 is 1.60 bits per heavy atom. The first kappa shape index (κ1) is 20.7. The summed E-state index contributed by atoms with van der Waals surface area (Å²) in [4.78, 5) is 7.39. The van der Waals surface area contributed by atoms with Crippen LogP contribution in [0.3, 0.4) is 0 Å². The zero-order valence-corrected chi connectivity index (χ0v) is 20.9. The third-order valence-corrected chi connectivity index (χ3v) is 8.61. The van der Waals surface area contributed by atoms with Crippen LogP contribution in [0, 0.1) is 0 Å². The van der Waals surface area contributed by atoms with Crippen LogP contribution in [0.5, 0.6) is 0 Å². The van der Waals surface area contributed by atoms with E-state index >= 15 is 0 Å². The molecule has 1 aromatic heterocycles. The van der Waals surface area contributed by atoms with Crippen molar-refractivity contribution in [1.29, 1.82) is 0 Å². The minimum atomic E-state index is -0.121. The predicted octanol–water partition coefficient (Wildman–Crippen LogP) is 8.57. The van der Waals surface area contributed by atoms with E-state index in [9.17, 15) is 0 Å². The van der Waals surface area contributed by atoms with Crippen LogP contribution in [0.25, 0.3) is 22.0 Å². The van der Waals surface area contributed by atoms with Gasteiger partial charge in [0.15, 0.2) is 0 Å². The third kappa shape index (κ3) is 2.68. The lowest BCUT2D eigenvalue weighted by Crippen LogP contribution is -2.40. The van der Waals surface area contributed by atoms with E-state index in [1.54, 1.807) is 5.57 Å². The molecular weight excluding hydrogens is 424 g/mol. The van der Waals surface area contributed by atoms with Gasteiger partial charge in [0.2, 0.25) is 0 Å². The summed E-state index contributed by atoms with van der Waals surface area (Å²) in [5.41, 5.74) is 12.0. The first-order valence-electron chi connectivity index (χ1n) is 12.7. The molecule has 3 heterocycles. The molecule has 0 saturated heterocycles. The number of aromatic nitrogens is 1. The smallest absolute Gasteiger partial charge is 0.0780 e. The number of benzene rings is 3. The van der Waals surface area contributed by atoms with Gasteiger partial charge >= 0.3 is 0 Å². The second kappa shape index (κ2) is 6.95. The van der Waals surface area contributed by atoms with Crippen LogP contribution in [-0.2, 0) is 10.8 Å². The molecule has 2 heteroatoms. The molecule has 0 fully saturated rings. The number of para-hydroxylation sites is 1. The topological polar surface area (TPSA) is 16.1 Å². The Balaban J connectivity index is 1.52. The molecule has 0 amide bonds. The maximum Gasteiger partial charge on any atom is 0.0780 e. The lowest BCUT2D eigenvalue weighted by atomic mass is 9.65. The molecule has 2 aliphatic heterocycles. The maximum atomic E-state index is 4.83. The summed E-state index contributed by atoms with van der Waals surface area (Å²) in [6.45, 7) is 9.58. The van der Waals surface area contributed by atoms with Crippen molar-refractivity contribution in [3.05, 3.63) is 113 Å². The molecule has 0 bridgehead atoms. The van der Waals surface area contributed by atoms with Gasteiger partial charge in [0.1, 0.15) is 0 Å². The van der Waals surface area contributed by atoms with Crippen molar-refractivity contribution in [3.63, 3.8) is 0 Å². The van der Waals surface area contributed by atoms with E-state index in [-0.39, 0.29) is 10.8 Å². The van der Waals surface area contributed by atoms with E-state index in [0.29, 0.717) is 0 Å². The van der Waals surface area contributed by atoms with Gasteiger partial charge in [-0.3, -0.25) is 4.98 Å². The third-order valence-electron chi connectivity index (χ3n) is 8.61. The molecule has 0 N–H and O–H groups in total. The first-order valence-corrected chi connectivity index (χ1v) is 12.7. The fourth-order valence-corrected chi connectivity index (χ4v) is 6.69. The molecule has 0 radical (unpaired) electrons. The largest absolute Gasteiger partial charge is 0.310 e. The maximum absolute atomic E-state index is 4.83. The first-order chi connectivity index (χ1) is 16.9. The minimum Gasteiger partial charge on any atom is -0.310 e. The predicted molar refractivity (Wildman–Crippen MR) is 146 cm³/mol. The van der Waals surface area contributed by atoms with Crippen molar-refractivity contribution in [2.45, 2.75) is 51.4 Å². The van der Waals surface area contributed by atoms with Gasteiger partial charge in [-0.1, -0.05) is 82.3 Å². The van der Waals surface area contributed by atoms with Crippen LogP contribution in [-0.4, -0.2) is 4.98 Å². The number of nitrogens with zero attached hydrogens (tertiary/aromatic N) is 2. The van der Waals surface area contributed by atoms with E-state index in [1.165, 1.54) is 50.1 Å². The molecule has 7 rings (SSSR count). The molecule has 1 aliphatic carbocycles. The summed E-state index contributed by atoms with van der Waals surface area (Å²) < 4.78 is 0. The van der Waals surface area contributed by atoms with Crippen molar-refractivity contribution < 1.29 is 0 Å². The van der Waals surface area contributed by atoms with Crippen LogP contribution in [0.2, 0.25) is 0 Å². The molecule has 3 aromatic carbocycles. The second-order valence-corrected chi connectivity index (χ2v) is 11.2. The molecule has 3 aliphatic rings. The van der Waals surface area contributed by atoms with Crippen molar-refractivity contribution in [2.75, 3.05) is 4.90 Å². The van der Waals surface area contributed by atoms with Crippen LogP contribution in [0.1, 0.15) is 57.2 Å². The highest BCUT2D eigenvalue weighted by Gasteiger charge is 2.46. The average molecular weight is 455 g/mol. The fourth-order valence-electron chi connectivity index (χ4n) is 6.69. The summed E-state index contributed by atoms with van der Waals surface area (Å²) in [6.07, 6.45) is 8.88. The highest BCUT2D eigenvalue weighted by Crippen LogP contribution is 2.59. The highest BCUT2D eigenvalue weighted by molar-refractivity contribution is 5.96. The Morgan fingerprint density at radius 1 is 0.800 bits per heavy atom. The summed E-state index contributed by atoms with van der Waals surface area (Å²) in [7, 11) is 0. The van der Waals surface area contributed by atoms with Crippen LogP contribution < -0.4 is 4.90 Å². The van der Waals surface area contributed by atoms with Gasteiger partial charge in [0.25, 0.3) is 0 Å². The van der Waals surface area contributed by atoms with Crippen LogP contribution >= 0.6 is 0 Å². The summed E-state index contributed by atoms with van der Waals surface area (Å²) >= 11 is 0. The molecule has 0 unspecified atom stereocenters. The molecule has 4 aromatic rings. The Hall–Kier alpha value is -3.65. The minimum absolute atomic E-state index is 0.0301. The number of anilines is 2. The standard InChI is InChI=1S/C33H30N2/c1-32(2)24-12-7-8-15-28(24)35-29-17-16-22(30-23-11-6-5-10-21(23)18-19-34-30)20-27(29)33(3,4)26-14-9-13-25(32)31(26)35/h5-6,8-11,13-20H,7,12H2,1-4H3. The van der Waals surface area contributed by atoms with Gasteiger partial charge in [-0.05, 0) is 64.8 Å². The van der Waals surface area contributed by atoms with Crippen molar-refractivity contribution in [1.82, 2.24) is 4.98 Å². The van der Waals surface area contributed by atoms with Gasteiger partial charge < -0.3 is 4.90 Å². The van der Waals surface area contributed by atoms with Crippen molar-refractivity contribution in [3.8, 4) is 11.3 Å². The zero-order valence-electron chi connectivity index (χ0n) is 20.9. The van der Waals surface area contributed by atoms with Gasteiger partial charge in [-0.25, -0.2) is 0 Å². The number of pyridine rings is 1. The molecule has 0 spiro atoms. The van der Waals surface area contributed by atoms with E-state index in [4.69, 9.17) is 4.98 Å². The van der Waals surface area contributed by atoms with E-state index in [1.807, 2.05) is 6.20 Å². The zero-order chi connectivity index (χ0) is 23.9. The number of allylic oxidation sites excluding steroid dienone is 3. The van der Waals surface area contributed by atoms with Gasteiger partial charge in [0, 0.05) is 33.7 Å². The Kier molecular flexibility index (Phi) is 4.11. The molecule has 0 saturated carbocycles. The molecule has 35 heavy (non-hydrogen) atoms. The van der Waals surface area contributed by atoms with Gasteiger partial charge in [-0.15, -0.1) is 0 Å². The van der Waals surface area contributed by atoms with E-state index in [0.717, 1.165) is 18.5 Å². The SMILES string of the molecule is CC1(C)C2=C(C=CCC2)N2c3ccc(-c4nccc5ccccc45)cc3C(C)(C)c3cccc1c32. The van der Waals surface area contributed by atoms with E-state index < -0.39 is 0 Å². The number of rotatable bonds is 1. The fraction of sp³-hybridized carbons (Fsp3) is 0.242. The monoisotopic (exact) mass is 454 g/mol.